The van der Waals surface area contributed by atoms with Crippen LogP contribution in [0.25, 0.3) is 0 Å². The average molecular weight is 556 g/mol. The fourth-order valence-electron chi connectivity index (χ4n) is 3.22. The van der Waals surface area contributed by atoms with Gasteiger partial charge in [-0.15, -0.1) is 0 Å². The number of guanidine groups is 1. The zero-order valence-electron chi connectivity index (χ0n) is 20.8. The maximum Gasteiger partial charge on any atom is 0.326 e. The highest BCUT2D eigenvalue weighted by atomic mass is 32.2. The van der Waals surface area contributed by atoms with Gasteiger partial charge < -0.3 is 38.3 Å². The number of nitrogens with one attached hydrogen (secondary N) is 3. The van der Waals surface area contributed by atoms with Crippen LogP contribution in [0, 0.1) is 0 Å². The van der Waals surface area contributed by atoms with E-state index in [1.54, 1.807) is 42.1 Å². The van der Waals surface area contributed by atoms with Gasteiger partial charge in [-0.3, -0.25) is 19.4 Å². The van der Waals surface area contributed by atoms with Gasteiger partial charge in [0, 0.05) is 18.7 Å². The quantitative estimate of drug-likeness (QED) is 0.0502. The van der Waals surface area contributed by atoms with Crippen LogP contribution in [-0.2, 0) is 25.6 Å². The van der Waals surface area contributed by atoms with E-state index in [4.69, 9.17) is 17.2 Å². The lowest BCUT2D eigenvalue weighted by atomic mass is 10.0. The molecular formula is C23H37N7O5S2. The van der Waals surface area contributed by atoms with E-state index in [9.17, 15) is 24.3 Å². The maximum absolute atomic E-state index is 13.1. The number of thioether (sulfide) groups is 1. The molecule has 4 atom stereocenters. The third-order valence-electron chi connectivity index (χ3n) is 5.26. The third kappa shape index (κ3) is 12.7. The lowest BCUT2D eigenvalue weighted by molar-refractivity contribution is -0.142. The van der Waals surface area contributed by atoms with Crippen LogP contribution in [0.5, 0.6) is 0 Å². The Morgan fingerprint density at radius 1 is 0.973 bits per heavy atom. The van der Waals surface area contributed by atoms with Gasteiger partial charge >= 0.3 is 5.97 Å². The predicted molar refractivity (Wildman–Crippen MR) is 148 cm³/mol. The summed E-state index contributed by atoms with van der Waals surface area (Å²) in [6, 6.07) is 4.65. The summed E-state index contributed by atoms with van der Waals surface area (Å²) in [5.74, 6) is -2.55. The van der Waals surface area contributed by atoms with Crippen molar-refractivity contribution >= 4 is 54.0 Å². The minimum Gasteiger partial charge on any atom is -0.480 e. The molecule has 1 rings (SSSR count). The molecule has 3 amide bonds. The highest BCUT2D eigenvalue weighted by Gasteiger charge is 2.29. The number of amides is 3. The third-order valence-corrected chi connectivity index (χ3v) is 6.27. The van der Waals surface area contributed by atoms with Crippen LogP contribution in [0.15, 0.2) is 35.3 Å². The van der Waals surface area contributed by atoms with Crippen molar-refractivity contribution in [1.29, 1.82) is 0 Å². The summed E-state index contributed by atoms with van der Waals surface area (Å²) in [4.78, 5) is 54.0. The van der Waals surface area contributed by atoms with E-state index < -0.39 is 47.9 Å². The molecule has 0 saturated heterocycles. The Morgan fingerprint density at radius 3 is 2.14 bits per heavy atom. The Kier molecular flexibility index (Phi) is 15.1. The van der Waals surface area contributed by atoms with Crippen molar-refractivity contribution in [3.8, 4) is 0 Å². The smallest absolute Gasteiger partial charge is 0.326 e. The zero-order valence-corrected chi connectivity index (χ0v) is 22.5. The summed E-state index contributed by atoms with van der Waals surface area (Å²) < 4.78 is 0. The van der Waals surface area contributed by atoms with Gasteiger partial charge in [-0.05, 0) is 36.8 Å². The molecule has 0 bridgehead atoms. The summed E-state index contributed by atoms with van der Waals surface area (Å²) in [6.07, 6.45) is 2.82. The Hall–Kier alpha value is -2.97. The first kappa shape index (κ1) is 32.1. The molecule has 10 N–H and O–H groups in total. The largest absolute Gasteiger partial charge is 0.480 e. The molecule has 0 aliphatic heterocycles. The van der Waals surface area contributed by atoms with Crippen LogP contribution >= 0.6 is 24.4 Å². The Bertz CT molecular complexity index is 916. The molecule has 37 heavy (non-hydrogen) atoms. The minimum atomic E-state index is -1.22. The number of thiol groups is 1. The number of carbonyl (C=O) groups is 4. The highest BCUT2D eigenvalue weighted by Crippen LogP contribution is 2.07. The topological polar surface area (TPSA) is 215 Å². The van der Waals surface area contributed by atoms with Gasteiger partial charge in [0.2, 0.25) is 17.7 Å². The van der Waals surface area contributed by atoms with E-state index in [2.05, 4.69) is 33.6 Å². The normalized spacial score (nSPS) is 13.9. The molecule has 0 spiro atoms. The second-order valence-electron chi connectivity index (χ2n) is 8.23. The summed E-state index contributed by atoms with van der Waals surface area (Å²) in [7, 11) is 0. The van der Waals surface area contributed by atoms with Gasteiger partial charge in [-0.1, -0.05) is 30.3 Å². The number of nitrogens with two attached hydrogens (primary N) is 3. The van der Waals surface area contributed by atoms with Gasteiger partial charge in [0.05, 0.1) is 6.04 Å². The van der Waals surface area contributed by atoms with E-state index >= 15 is 0 Å². The van der Waals surface area contributed by atoms with E-state index in [0.717, 1.165) is 5.56 Å². The Labute approximate surface area is 226 Å². The number of benzene rings is 1. The molecule has 14 heteroatoms. The van der Waals surface area contributed by atoms with Crippen LogP contribution in [0.4, 0.5) is 0 Å². The van der Waals surface area contributed by atoms with Crippen molar-refractivity contribution in [2.45, 2.75) is 49.9 Å². The molecule has 1 aromatic rings. The summed E-state index contributed by atoms with van der Waals surface area (Å²) in [5, 5.41) is 17.3. The van der Waals surface area contributed by atoms with E-state index in [-0.39, 0.29) is 31.1 Å². The zero-order chi connectivity index (χ0) is 27.8. The Balaban J connectivity index is 2.94. The van der Waals surface area contributed by atoms with Crippen LogP contribution in [-0.4, -0.2) is 83.2 Å². The Morgan fingerprint density at radius 2 is 1.57 bits per heavy atom. The molecule has 1 aromatic carbocycles. The number of hydrogen-bond acceptors (Lipinski definition) is 8. The second kappa shape index (κ2) is 17.5. The molecular weight excluding hydrogens is 518 g/mol. The lowest BCUT2D eigenvalue weighted by Gasteiger charge is -2.24. The van der Waals surface area contributed by atoms with Crippen molar-refractivity contribution in [3.05, 3.63) is 35.9 Å². The van der Waals surface area contributed by atoms with E-state index in [1.807, 2.05) is 6.26 Å². The summed E-state index contributed by atoms with van der Waals surface area (Å²) in [6.45, 7) is 0.200. The van der Waals surface area contributed by atoms with Crippen LogP contribution < -0.4 is 33.2 Å². The van der Waals surface area contributed by atoms with Gasteiger partial charge in [-0.2, -0.15) is 24.4 Å². The van der Waals surface area contributed by atoms with Crippen LogP contribution in [0.3, 0.4) is 0 Å². The number of carboxylic acids is 1. The van der Waals surface area contributed by atoms with Gasteiger partial charge in [0.25, 0.3) is 0 Å². The molecule has 0 heterocycles. The second-order valence-corrected chi connectivity index (χ2v) is 9.58. The standard InChI is InChI=1S/C23H37N7O5S2/c1-37-11-9-15(24)19(31)30-18(13-36)21(33)28-16(8-5-10-27-23(25)26)20(32)29-17(22(34)35)12-14-6-3-2-4-7-14/h2-4,6-7,15-18,36H,5,8-13,24H2,1H3,(H,28,33)(H,29,32)(H,30,31)(H,34,35)(H4,25,26,27). The molecule has 12 nitrogen and oxygen atoms in total. The molecule has 0 radical (unpaired) electrons. The number of aliphatic carboxylic acids is 1. The first-order valence-corrected chi connectivity index (χ1v) is 13.7. The fraction of sp³-hybridized carbons (Fsp3) is 0.522. The molecule has 0 aliphatic carbocycles. The van der Waals surface area contributed by atoms with Crippen LogP contribution in [0.1, 0.15) is 24.8 Å². The lowest BCUT2D eigenvalue weighted by Crippen LogP contribution is -2.57. The van der Waals surface area contributed by atoms with Crippen LogP contribution in [0.2, 0.25) is 0 Å². The summed E-state index contributed by atoms with van der Waals surface area (Å²) in [5.41, 5.74) is 17.3. The number of aliphatic imine (C=N–C) groups is 1. The van der Waals surface area contributed by atoms with Crippen molar-refractivity contribution in [1.82, 2.24) is 16.0 Å². The molecule has 0 fully saturated rings. The fourth-order valence-corrected chi connectivity index (χ4v) is 3.96. The van der Waals surface area contributed by atoms with Crippen molar-refractivity contribution < 1.29 is 24.3 Å². The van der Waals surface area contributed by atoms with Gasteiger partial charge in [0.15, 0.2) is 5.96 Å². The highest BCUT2D eigenvalue weighted by molar-refractivity contribution is 7.98. The van der Waals surface area contributed by atoms with Crippen molar-refractivity contribution in [2.75, 3.05) is 24.3 Å². The van der Waals surface area contributed by atoms with E-state index in [0.29, 0.717) is 18.6 Å². The number of nitrogens with zero attached hydrogens (tertiary/aromatic N) is 1. The minimum absolute atomic E-state index is 0.0408. The SMILES string of the molecule is CSCCC(N)C(=O)NC(CS)C(=O)NC(CCCN=C(N)N)C(=O)NC(Cc1ccccc1)C(=O)O. The number of rotatable bonds is 17. The average Bonchev–Trinajstić information content (AvgIpc) is 2.87. The molecule has 0 aromatic heterocycles. The van der Waals surface area contributed by atoms with Gasteiger partial charge in [-0.25, -0.2) is 4.79 Å². The maximum atomic E-state index is 13.1. The molecule has 206 valence electrons. The van der Waals surface area contributed by atoms with Gasteiger partial charge in [0.1, 0.15) is 18.1 Å². The van der Waals surface area contributed by atoms with Crippen molar-refractivity contribution in [2.24, 2.45) is 22.2 Å². The summed E-state index contributed by atoms with van der Waals surface area (Å²) >= 11 is 5.69. The first-order chi connectivity index (χ1) is 17.6. The number of carbonyl (C=O) groups excluding carboxylic acids is 3. The van der Waals surface area contributed by atoms with Crippen molar-refractivity contribution in [3.63, 3.8) is 0 Å². The van der Waals surface area contributed by atoms with E-state index in [1.165, 1.54) is 0 Å². The monoisotopic (exact) mass is 555 g/mol. The predicted octanol–water partition coefficient (Wildman–Crippen LogP) is -1.17. The molecule has 0 saturated carbocycles. The first-order valence-electron chi connectivity index (χ1n) is 11.7. The number of hydrogen-bond donors (Lipinski definition) is 8. The molecule has 4 unspecified atom stereocenters. The number of carboxylic acid groups (broad SMARTS) is 1. The molecule has 0 aliphatic rings.